The highest BCUT2D eigenvalue weighted by Gasteiger charge is 2.25. The quantitative estimate of drug-likeness (QED) is 0.730. The molecule has 0 aromatic heterocycles. The molecule has 1 aliphatic heterocycles. The topological polar surface area (TPSA) is 68.3 Å². The van der Waals surface area contributed by atoms with Crippen LogP contribution >= 0.6 is 0 Å². The third-order valence-electron chi connectivity index (χ3n) is 5.20. The van der Waals surface area contributed by atoms with E-state index in [4.69, 9.17) is 14.2 Å². The fourth-order valence-electron chi connectivity index (χ4n) is 3.46. The van der Waals surface area contributed by atoms with E-state index in [0.717, 1.165) is 16.9 Å². The van der Waals surface area contributed by atoms with Crippen LogP contribution in [0.1, 0.15) is 21.5 Å². The molecule has 2 amide bonds. The highest BCUT2D eigenvalue weighted by atomic mass is 16.5. The maximum atomic E-state index is 12.9. The van der Waals surface area contributed by atoms with Gasteiger partial charge < -0.3 is 24.0 Å². The fraction of sp³-hybridized carbons (Fsp3) is 0.391. The first-order valence-electron chi connectivity index (χ1n) is 9.91. The normalized spacial score (nSPS) is 13.7. The van der Waals surface area contributed by atoms with E-state index in [2.05, 4.69) is 0 Å². The zero-order chi connectivity index (χ0) is 21.7. The number of benzene rings is 2. The Balaban J connectivity index is 1.55. The number of aryl methyl sites for hydroxylation is 2. The average Bonchev–Trinajstić information content (AvgIpc) is 2.77. The second kappa shape index (κ2) is 9.52. The van der Waals surface area contributed by atoms with E-state index in [1.54, 1.807) is 42.2 Å². The third kappa shape index (κ3) is 5.03. The Hall–Kier alpha value is -3.22. The molecule has 0 aliphatic carbocycles. The van der Waals surface area contributed by atoms with Crippen molar-refractivity contribution in [3.63, 3.8) is 0 Å². The van der Waals surface area contributed by atoms with Gasteiger partial charge >= 0.3 is 0 Å². The molecule has 7 heteroatoms. The van der Waals surface area contributed by atoms with Crippen LogP contribution in [0.25, 0.3) is 0 Å². The number of ether oxygens (including phenoxy) is 3. The summed E-state index contributed by atoms with van der Waals surface area (Å²) in [5.41, 5.74) is 2.66. The van der Waals surface area contributed by atoms with Crippen molar-refractivity contribution in [1.82, 2.24) is 9.80 Å². The zero-order valence-corrected chi connectivity index (χ0v) is 17.9. The molecule has 2 aromatic carbocycles. The number of hydrogen-bond donors (Lipinski definition) is 0. The summed E-state index contributed by atoms with van der Waals surface area (Å²) in [5, 5.41) is 0. The van der Waals surface area contributed by atoms with Crippen LogP contribution in [-0.2, 0) is 4.79 Å². The molecule has 0 radical (unpaired) electrons. The van der Waals surface area contributed by atoms with Crippen molar-refractivity contribution in [3.8, 4) is 17.2 Å². The lowest BCUT2D eigenvalue weighted by atomic mass is 10.1. The monoisotopic (exact) mass is 412 g/mol. The molecule has 2 aromatic rings. The molecule has 0 saturated carbocycles. The number of carbonyl (C=O) groups is 2. The lowest BCUT2D eigenvalue weighted by Gasteiger charge is -2.34. The second-order valence-corrected chi connectivity index (χ2v) is 7.33. The number of nitrogens with zero attached hydrogens (tertiary/aromatic N) is 2. The van der Waals surface area contributed by atoms with Gasteiger partial charge in [-0.2, -0.15) is 0 Å². The first-order valence-corrected chi connectivity index (χ1v) is 9.91. The number of piperazine rings is 1. The predicted octanol–water partition coefficient (Wildman–Crippen LogP) is 2.68. The van der Waals surface area contributed by atoms with E-state index < -0.39 is 0 Å². The van der Waals surface area contributed by atoms with Gasteiger partial charge in [0.05, 0.1) is 14.2 Å². The minimum absolute atomic E-state index is 0.00900. The van der Waals surface area contributed by atoms with Gasteiger partial charge in [0.2, 0.25) is 0 Å². The summed E-state index contributed by atoms with van der Waals surface area (Å²) in [5.74, 6) is 1.66. The molecule has 3 rings (SSSR count). The molecule has 1 heterocycles. The number of amides is 2. The Morgan fingerprint density at radius 3 is 2.03 bits per heavy atom. The van der Waals surface area contributed by atoms with Gasteiger partial charge in [-0.25, -0.2) is 0 Å². The summed E-state index contributed by atoms with van der Waals surface area (Å²) in [7, 11) is 3.10. The number of rotatable bonds is 6. The summed E-state index contributed by atoms with van der Waals surface area (Å²) < 4.78 is 16.2. The van der Waals surface area contributed by atoms with E-state index in [0.29, 0.717) is 43.2 Å². The molecular weight excluding hydrogens is 384 g/mol. The first-order chi connectivity index (χ1) is 14.4. The zero-order valence-electron chi connectivity index (χ0n) is 17.9. The van der Waals surface area contributed by atoms with Crippen molar-refractivity contribution < 1.29 is 23.8 Å². The van der Waals surface area contributed by atoms with Gasteiger partial charge in [-0.05, 0) is 37.6 Å². The molecule has 0 spiro atoms. The maximum Gasteiger partial charge on any atom is 0.260 e. The first kappa shape index (κ1) is 21.5. The van der Waals surface area contributed by atoms with E-state index in [1.807, 2.05) is 32.0 Å². The van der Waals surface area contributed by atoms with Crippen molar-refractivity contribution >= 4 is 11.8 Å². The van der Waals surface area contributed by atoms with Crippen LogP contribution < -0.4 is 14.2 Å². The lowest BCUT2D eigenvalue weighted by molar-refractivity contribution is -0.134. The van der Waals surface area contributed by atoms with Gasteiger partial charge in [-0.1, -0.05) is 17.7 Å². The van der Waals surface area contributed by atoms with Crippen LogP contribution in [0.2, 0.25) is 0 Å². The molecule has 0 unspecified atom stereocenters. The standard InChI is InChI=1S/C23H28N2O5/c1-16-5-6-21(17(2)11-16)30-15-22(26)24-7-9-25(10-8-24)23(27)18-12-19(28-3)14-20(13-18)29-4/h5-6,11-14H,7-10,15H2,1-4H3. The molecule has 0 bridgehead atoms. The van der Waals surface area contributed by atoms with Gasteiger partial charge in [-0.3, -0.25) is 9.59 Å². The number of carbonyl (C=O) groups excluding carboxylic acids is 2. The molecule has 0 N–H and O–H groups in total. The molecular formula is C23H28N2O5. The minimum Gasteiger partial charge on any atom is -0.497 e. The Bertz CT molecular complexity index is 898. The Morgan fingerprint density at radius 2 is 1.47 bits per heavy atom. The van der Waals surface area contributed by atoms with Crippen LogP contribution in [-0.4, -0.2) is 68.6 Å². The Morgan fingerprint density at radius 1 is 0.867 bits per heavy atom. The van der Waals surface area contributed by atoms with Crippen molar-refractivity contribution in [2.75, 3.05) is 47.0 Å². The average molecular weight is 412 g/mol. The lowest BCUT2D eigenvalue weighted by Crippen LogP contribution is -2.51. The Kier molecular flexibility index (Phi) is 6.82. The van der Waals surface area contributed by atoms with Gasteiger partial charge in [0.25, 0.3) is 11.8 Å². The molecule has 7 nitrogen and oxygen atoms in total. The van der Waals surface area contributed by atoms with Gasteiger partial charge in [0.15, 0.2) is 6.61 Å². The summed E-state index contributed by atoms with van der Waals surface area (Å²) in [4.78, 5) is 28.9. The summed E-state index contributed by atoms with van der Waals surface area (Å²) in [6.07, 6.45) is 0. The molecule has 1 aliphatic rings. The van der Waals surface area contributed by atoms with Gasteiger partial charge in [0, 0.05) is 37.8 Å². The van der Waals surface area contributed by atoms with Crippen LogP contribution in [0.4, 0.5) is 0 Å². The van der Waals surface area contributed by atoms with Crippen LogP contribution in [0.5, 0.6) is 17.2 Å². The summed E-state index contributed by atoms with van der Waals surface area (Å²) in [6.45, 7) is 5.85. The molecule has 1 saturated heterocycles. The van der Waals surface area contributed by atoms with Crippen molar-refractivity contribution in [2.24, 2.45) is 0 Å². The fourth-order valence-corrected chi connectivity index (χ4v) is 3.46. The molecule has 30 heavy (non-hydrogen) atoms. The van der Waals surface area contributed by atoms with Gasteiger partial charge in [0.1, 0.15) is 17.2 Å². The highest BCUT2D eigenvalue weighted by Crippen LogP contribution is 2.24. The SMILES string of the molecule is COc1cc(OC)cc(C(=O)N2CCN(C(=O)COc3ccc(C)cc3C)CC2)c1. The van der Waals surface area contributed by atoms with E-state index in [1.165, 1.54) is 0 Å². The largest absolute Gasteiger partial charge is 0.497 e. The van der Waals surface area contributed by atoms with Gasteiger partial charge in [-0.15, -0.1) is 0 Å². The second-order valence-electron chi connectivity index (χ2n) is 7.33. The predicted molar refractivity (Wildman–Crippen MR) is 113 cm³/mol. The molecule has 1 fully saturated rings. The minimum atomic E-state index is -0.106. The smallest absolute Gasteiger partial charge is 0.260 e. The van der Waals surface area contributed by atoms with Crippen molar-refractivity contribution in [2.45, 2.75) is 13.8 Å². The van der Waals surface area contributed by atoms with Crippen LogP contribution in [0.15, 0.2) is 36.4 Å². The van der Waals surface area contributed by atoms with E-state index in [9.17, 15) is 9.59 Å². The third-order valence-corrected chi connectivity index (χ3v) is 5.20. The molecule has 160 valence electrons. The summed E-state index contributed by atoms with van der Waals surface area (Å²) >= 11 is 0. The van der Waals surface area contributed by atoms with Crippen molar-refractivity contribution in [3.05, 3.63) is 53.1 Å². The summed E-state index contributed by atoms with van der Waals surface area (Å²) in [6, 6.07) is 11.0. The van der Waals surface area contributed by atoms with E-state index >= 15 is 0 Å². The maximum absolute atomic E-state index is 12.9. The number of methoxy groups -OCH3 is 2. The number of hydrogen-bond acceptors (Lipinski definition) is 5. The van der Waals surface area contributed by atoms with E-state index in [-0.39, 0.29) is 18.4 Å². The van der Waals surface area contributed by atoms with Crippen LogP contribution in [0.3, 0.4) is 0 Å². The Labute approximate surface area is 177 Å². The van der Waals surface area contributed by atoms with Crippen LogP contribution in [0, 0.1) is 13.8 Å². The van der Waals surface area contributed by atoms with Crippen molar-refractivity contribution in [1.29, 1.82) is 0 Å². The highest BCUT2D eigenvalue weighted by molar-refractivity contribution is 5.95. The molecule has 0 atom stereocenters.